The summed E-state index contributed by atoms with van der Waals surface area (Å²) in [5.41, 5.74) is 13.9. The maximum Gasteiger partial charge on any atom is 0.0722 e. The van der Waals surface area contributed by atoms with Gasteiger partial charge in [0.1, 0.15) is 0 Å². The highest BCUT2D eigenvalue weighted by Crippen LogP contribution is 2.40. The highest BCUT2D eigenvalue weighted by Gasteiger charge is 2.16. The quantitative estimate of drug-likeness (QED) is 0.164. The van der Waals surface area contributed by atoms with Gasteiger partial charge in [0.25, 0.3) is 0 Å². The van der Waals surface area contributed by atoms with Gasteiger partial charge in [-0.15, -0.1) is 0 Å². The lowest BCUT2D eigenvalue weighted by Gasteiger charge is -2.15. The molecule has 11 rings (SSSR count). The molecule has 0 amide bonds. The Morgan fingerprint density at radius 2 is 0.873 bits per heavy atom. The Kier molecular flexibility index (Phi) is 7.21. The Morgan fingerprint density at radius 3 is 1.56 bits per heavy atom. The predicted octanol–water partition coefficient (Wildman–Crippen LogP) is 14.3. The highest BCUT2D eigenvalue weighted by atomic mass is 15.0. The van der Waals surface area contributed by atoms with E-state index in [0.29, 0.717) is 0 Å². The molecule has 9 aromatic carbocycles. The first kappa shape index (κ1) is 31.3. The topological polar surface area (TPSA) is 17.8 Å². The molecule has 11 aromatic rings. The Balaban J connectivity index is 1.02. The molecule has 0 radical (unpaired) electrons. The molecule has 0 aliphatic heterocycles. The fourth-order valence-corrected chi connectivity index (χ4v) is 8.64. The first-order chi connectivity index (χ1) is 27.3. The summed E-state index contributed by atoms with van der Waals surface area (Å²) in [4.78, 5) is 5.16. The van der Waals surface area contributed by atoms with Crippen molar-refractivity contribution in [3.63, 3.8) is 0 Å². The van der Waals surface area contributed by atoms with Crippen LogP contribution >= 0.6 is 0 Å². The van der Waals surface area contributed by atoms with Crippen molar-refractivity contribution in [2.45, 2.75) is 0 Å². The molecule has 0 spiro atoms. The minimum absolute atomic E-state index is 0.978. The second-order valence-corrected chi connectivity index (χ2v) is 14.3. The summed E-state index contributed by atoms with van der Waals surface area (Å²) >= 11 is 0. The average Bonchev–Trinajstić information content (AvgIpc) is 3.60. The molecule has 0 fully saturated rings. The molecule has 256 valence electrons. The summed E-state index contributed by atoms with van der Waals surface area (Å²) in [6.07, 6.45) is 0. The zero-order valence-electron chi connectivity index (χ0n) is 30.0. The zero-order valence-corrected chi connectivity index (χ0v) is 30.0. The van der Waals surface area contributed by atoms with Gasteiger partial charge in [-0.1, -0.05) is 170 Å². The van der Waals surface area contributed by atoms with Crippen LogP contribution in [0.5, 0.6) is 0 Å². The molecule has 0 N–H and O–H groups in total. The molecule has 2 aromatic heterocycles. The van der Waals surface area contributed by atoms with E-state index in [1.807, 2.05) is 0 Å². The van der Waals surface area contributed by atoms with Gasteiger partial charge in [-0.2, -0.15) is 0 Å². The van der Waals surface area contributed by atoms with Crippen LogP contribution in [0.2, 0.25) is 0 Å². The van der Waals surface area contributed by atoms with Gasteiger partial charge in [-0.3, -0.25) is 0 Å². The fourth-order valence-electron chi connectivity index (χ4n) is 8.64. The maximum atomic E-state index is 5.16. The van der Waals surface area contributed by atoms with Gasteiger partial charge in [0.15, 0.2) is 0 Å². The minimum atomic E-state index is 0.978. The van der Waals surface area contributed by atoms with Crippen molar-refractivity contribution in [3.8, 4) is 50.3 Å². The number of fused-ring (bicyclic) bond motifs is 7. The number of para-hydroxylation sites is 2. The predicted molar refractivity (Wildman–Crippen MR) is 233 cm³/mol. The third-order valence-corrected chi connectivity index (χ3v) is 11.2. The summed E-state index contributed by atoms with van der Waals surface area (Å²) in [6, 6.07) is 74.6. The number of nitrogens with zero attached hydrogens (tertiary/aromatic N) is 2. The van der Waals surface area contributed by atoms with Crippen LogP contribution < -0.4 is 0 Å². The smallest absolute Gasteiger partial charge is 0.0722 e. The molecule has 2 heterocycles. The number of benzene rings is 9. The van der Waals surface area contributed by atoms with E-state index in [0.717, 1.165) is 22.5 Å². The van der Waals surface area contributed by atoms with Crippen molar-refractivity contribution in [1.29, 1.82) is 0 Å². The molecular formula is C53H34N2. The summed E-state index contributed by atoms with van der Waals surface area (Å²) in [5, 5.41) is 8.63. The SMILES string of the molecule is c1ccc(-c2cc(-c3ccc(-c4ccc(-c5cccc(-n6c7ccccc7c7ccccc76)c5)c5ccccc45)cc3)c3c(ccc4ccccc43)n2)cc1. The molecule has 0 saturated carbocycles. The normalized spacial score (nSPS) is 11.6. The van der Waals surface area contributed by atoms with E-state index in [-0.39, 0.29) is 0 Å². The second kappa shape index (κ2) is 12.7. The number of rotatable bonds is 5. The van der Waals surface area contributed by atoms with E-state index in [4.69, 9.17) is 4.98 Å². The lowest BCUT2D eigenvalue weighted by molar-refractivity contribution is 1.18. The molecule has 2 heteroatoms. The largest absolute Gasteiger partial charge is 0.309 e. The molecule has 0 saturated heterocycles. The summed E-state index contributed by atoms with van der Waals surface area (Å²) in [5.74, 6) is 0. The van der Waals surface area contributed by atoms with Gasteiger partial charge >= 0.3 is 0 Å². The fraction of sp³-hybridized carbons (Fsp3) is 0. The van der Waals surface area contributed by atoms with Crippen molar-refractivity contribution < 1.29 is 0 Å². The lowest BCUT2D eigenvalue weighted by atomic mass is 9.90. The van der Waals surface area contributed by atoms with Gasteiger partial charge < -0.3 is 4.57 Å². The number of aromatic nitrogens is 2. The first-order valence-corrected chi connectivity index (χ1v) is 18.9. The van der Waals surface area contributed by atoms with Crippen molar-refractivity contribution in [1.82, 2.24) is 9.55 Å². The maximum absolute atomic E-state index is 5.16. The van der Waals surface area contributed by atoms with Crippen LogP contribution in [-0.2, 0) is 0 Å². The van der Waals surface area contributed by atoms with E-state index in [2.05, 4.69) is 211 Å². The molecule has 2 nitrogen and oxygen atoms in total. The van der Waals surface area contributed by atoms with Crippen LogP contribution in [0.4, 0.5) is 0 Å². The van der Waals surface area contributed by atoms with Gasteiger partial charge in [0.05, 0.1) is 22.2 Å². The minimum Gasteiger partial charge on any atom is -0.309 e. The number of pyridine rings is 1. The third kappa shape index (κ3) is 5.15. The lowest BCUT2D eigenvalue weighted by Crippen LogP contribution is -1.94. The van der Waals surface area contributed by atoms with Crippen LogP contribution in [0.25, 0.3) is 105 Å². The van der Waals surface area contributed by atoms with Crippen LogP contribution in [-0.4, -0.2) is 9.55 Å². The van der Waals surface area contributed by atoms with Crippen molar-refractivity contribution >= 4 is 54.3 Å². The average molecular weight is 699 g/mol. The monoisotopic (exact) mass is 698 g/mol. The number of hydrogen-bond donors (Lipinski definition) is 0. The Morgan fingerprint density at radius 1 is 0.327 bits per heavy atom. The molecule has 55 heavy (non-hydrogen) atoms. The molecule has 0 aliphatic carbocycles. The molecule has 0 bridgehead atoms. The second-order valence-electron chi connectivity index (χ2n) is 14.3. The molecular weight excluding hydrogens is 665 g/mol. The Hall–Kier alpha value is -7.29. The van der Waals surface area contributed by atoms with Crippen molar-refractivity contribution in [2.75, 3.05) is 0 Å². The van der Waals surface area contributed by atoms with E-state index >= 15 is 0 Å². The van der Waals surface area contributed by atoms with Gasteiger partial charge in [-0.25, -0.2) is 4.98 Å². The Labute approximate surface area is 319 Å². The highest BCUT2D eigenvalue weighted by molar-refractivity contribution is 6.14. The van der Waals surface area contributed by atoms with Crippen LogP contribution in [0.3, 0.4) is 0 Å². The van der Waals surface area contributed by atoms with E-state index in [9.17, 15) is 0 Å². The molecule has 0 aliphatic rings. The summed E-state index contributed by atoms with van der Waals surface area (Å²) in [6.45, 7) is 0. The van der Waals surface area contributed by atoms with Crippen molar-refractivity contribution in [2.24, 2.45) is 0 Å². The summed E-state index contributed by atoms with van der Waals surface area (Å²) in [7, 11) is 0. The summed E-state index contributed by atoms with van der Waals surface area (Å²) < 4.78 is 2.39. The van der Waals surface area contributed by atoms with E-state index in [1.165, 1.54) is 82.1 Å². The first-order valence-electron chi connectivity index (χ1n) is 18.9. The van der Waals surface area contributed by atoms with Crippen LogP contribution in [0.15, 0.2) is 206 Å². The van der Waals surface area contributed by atoms with Crippen molar-refractivity contribution in [3.05, 3.63) is 206 Å². The van der Waals surface area contributed by atoms with Gasteiger partial charge in [-0.05, 0) is 91.3 Å². The van der Waals surface area contributed by atoms with Crippen LogP contribution in [0, 0.1) is 0 Å². The van der Waals surface area contributed by atoms with Gasteiger partial charge in [0, 0.05) is 27.4 Å². The van der Waals surface area contributed by atoms with E-state index < -0.39 is 0 Å². The molecule has 0 unspecified atom stereocenters. The van der Waals surface area contributed by atoms with Gasteiger partial charge in [0.2, 0.25) is 0 Å². The Bertz CT molecular complexity index is 3190. The number of hydrogen-bond acceptors (Lipinski definition) is 1. The molecule has 0 atom stereocenters. The van der Waals surface area contributed by atoms with E-state index in [1.54, 1.807) is 0 Å². The zero-order chi connectivity index (χ0) is 36.3. The third-order valence-electron chi connectivity index (χ3n) is 11.2. The standard InChI is InChI=1S/C53H34N2/c1-2-14-38(15-3-1)50-34-48(53-43-18-5-4-13-35(43)29-32-49(53)54-50)37-27-25-36(26-28-37)41-30-31-42(45-20-7-6-19-44(41)45)39-16-12-17-40(33-39)55-51-23-10-8-21-46(51)47-22-9-11-24-52(47)55/h1-34H. The van der Waals surface area contributed by atoms with Crippen LogP contribution in [0.1, 0.15) is 0 Å².